The molecule has 24 heavy (non-hydrogen) atoms. The molecule has 0 radical (unpaired) electrons. The Morgan fingerprint density at radius 2 is 1.92 bits per heavy atom. The molecule has 0 saturated heterocycles. The quantitative estimate of drug-likeness (QED) is 0.845. The average molecular weight is 334 g/mol. The molecule has 0 unspecified atom stereocenters. The third kappa shape index (κ3) is 3.10. The van der Waals surface area contributed by atoms with Crippen LogP contribution in [0, 0.1) is 17.5 Å². The monoisotopic (exact) mass is 334 g/mol. The molecule has 124 valence electrons. The number of hydrogen-bond donors (Lipinski definition) is 2. The summed E-state index contributed by atoms with van der Waals surface area (Å²) in [6, 6.07) is 7.06. The van der Waals surface area contributed by atoms with E-state index in [1.54, 1.807) is 6.07 Å². The Labute approximate surface area is 135 Å². The van der Waals surface area contributed by atoms with Gasteiger partial charge in [-0.2, -0.15) is 0 Å². The second-order valence-corrected chi connectivity index (χ2v) is 5.45. The van der Waals surface area contributed by atoms with Gasteiger partial charge < -0.3 is 10.6 Å². The van der Waals surface area contributed by atoms with Crippen molar-refractivity contribution in [3.8, 4) is 0 Å². The minimum atomic E-state index is -1.67. The van der Waals surface area contributed by atoms with E-state index in [-0.39, 0.29) is 12.5 Å². The highest BCUT2D eigenvalue weighted by Crippen LogP contribution is 2.24. The summed E-state index contributed by atoms with van der Waals surface area (Å²) in [5.74, 6) is -5.40. The first-order valence-electron chi connectivity index (χ1n) is 7.29. The highest BCUT2D eigenvalue weighted by molar-refractivity contribution is 5.99. The summed E-state index contributed by atoms with van der Waals surface area (Å²) >= 11 is 0. The normalized spacial score (nSPS) is 12.7. The van der Waals surface area contributed by atoms with Crippen LogP contribution in [0.4, 0.5) is 18.9 Å². The van der Waals surface area contributed by atoms with Gasteiger partial charge in [0.25, 0.3) is 5.91 Å². The second-order valence-electron chi connectivity index (χ2n) is 5.45. The molecule has 1 aliphatic heterocycles. The number of rotatable bonds is 4. The molecule has 0 spiro atoms. The molecule has 2 aromatic carbocycles. The molecule has 3 rings (SSSR count). The summed E-state index contributed by atoms with van der Waals surface area (Å²) in [4.78, 5) is 23.1. The van der Waals surface area contributed by atoms with Gasteiger partial charge in [0.15, 0.2) is 17.5 Å². The van der Waals surface area contributed by atoms with Crippen LogP contribution in [0.2, 0.25) is 0 Å². The van der Waals surface area contributed by atoms with Crippen molar-refractivity contribution in [1.82, 2.24) is 5.32 Å². The molecule has 0 saturated carbocycles. The fourth-order valence-corrected chi connectivity index (χ4v) is 2.56. The number of carbonyl (C=O) groups excluding carboxylic acids is 2. The number of halogens is 3. The van der Waals surface area contributed by atoms with Crippen LogP contribution in [0.1, 0.15) is 21.5 Å². The van der Waals surface area contributed by atoms with Crippen LogP contribution in [0.25, 0.3) is 0 Å². The number of anilines is 1. The van der Waals surface area contributed by atoms with Gasteiger partial charge in [-0.15, -0.1) is 0 Å². The third-order valence-electron chi connectivity index (χ3n) is 3.77. The van der Waals surface area contributed by atoms with E-state index in [2.05, 4.69) is 10.6 Å². The standard InChI is InChI=1S/C17H13F3N2O2/c18-12-3-2-11(15(19)16(12)20)17(24)21-6-5-9-1-4-13-10(7-9)8-14(23)22-13/h1-4,7H,5-6,8H2,(H,21,24)(H,22,23). The summed E-state index contributed by atoms with van der Waals surface area (Å²) in [5.41, 5.74) is 2.01. The van der Waals surface area contributed by atoms with Crippen LogP contribution < -0.4 is 10.6 Å². The van der Waals surface area contributed by atoms with E-state index in [1.165, 1.54) is 0 Å². The lowest BCUT2D eigenvalue weighted by molar-refractivity contribution is -0.115. The summed E-state index contributed by atoms with van der Waals surface area (Å²) in [6.45, 7) is 0.192. The van der Waals surface area contributed by atoms with E-state index in [0.717, 1.165) is 22.9 Å². The fourth-order valence-electron chi connectivity index (χ4n) is 2.56. The van der Waals surface area contributed by atoms with Crippen molar-refractivity contribution < 1.29 is 22.8 Å². The zero-order valence-electron chi connectivity index (χ0n) is 12.5. The third-order valence-corrected chi connectivity index (χ3v) is 3.77. The van der Waals surface area contributed by atoms with Crippen LogP contribution in [0.3, 0.4) is 0 Å². The Bertz CT molecular complexity index is 837. The van der Waals surface area contributed by atoms with Crippen LogP contribution in [-0.2, 0) is 17.6 Å². The maximum Gasteiger partial charge on any atom is 0.254 e. The summed E-state index contributed by atoms with van der Waals surface area (Å²) in [5, 5.41) is 5.18. The topological polar surface area (TPSA) is 58.2 Å². The summed E-state index contributed by atoms with van der Waals surface area (Å²) in [7, 11) is 0. The molecule has 4 nitrogen and oxygen atoms in total. The molecule has 0 atom stereocenters. The highest BCUT2D eigenvalue weighted by Gasteiger charge is 2.19. The molecular formula is C17H13F3N2O2. The lowest BCUT2D eigenvalue weighted by Gasteiger charge is -2.08. The first-order valence-corrected chi connectivity index (χ1v) is 7.29. The van der Waals surface area contributed by atoms with Crippen molar-refractivity contribution in [3.05, 3.63) is 64.5 Å². The van der Waals surface area contributed by atoms with Gasteiger partial charge in [-0.3, -0.25) is 9.59 Å². The number of hydrogen-bond acceptors (Lipinski definition) is 2. The van der Waals surface area contributed by atoms with E-state index in [1.807, 2.05) is 12.1 Å². The predicted molar refractivity (Wildman–Crippen MR) is 81.1 cm³/mol. The number of carbonyl (C=O) groups is 2. The molecule has 1 heterocycles. The number of nitrogens with one attached hydrogen (secondary N) is 2. The smallest absolute Gasteiger partial charge is 0.254 e. The molecule has 2 N–H and O–H groups in total. The first kappa shape index (κ1) is 16.0. The van der Waals surface area contributed by atoms with Gasteiger partial charge in [-0.25, -0.2) is 13.2 Å². The Balaban J connectivity index is 1.61. The molecule has 0 bridgehead atoms. The lowest BCUT2D eigenvalue weighted by Crippen LogP contribution is -2.27. The average Bonchev–Trinajstić information content (AvgIpc) is 2.92. The molecule has 7 heteroatoms. The molecule has 0 fully saturated rings. The second kappa shape index (κ2) is 6.35. The van der Waals surface area contributed by atoms with Crippen molar-refractivity contribution in [3.63, 3.8) is 0 Å². The van der Waals surface area contributed by atoms with Crippen LogP contribution in [0.15, 0.2) is 30.3 Å². The van der Waals surface area contributed by atoms with Gasteiger partial charge in [-0.1, -0.05) is 12.1 Å². The predicted octanol–water partition coefficient (Wildman–Crippen LogP) is 2.57. The molecule has 2 aromatic rings. The van der Waals surface area contributed by atoms with Gasteiger partial charge in [-0.05, 0) is 35.7 Å². The van der Waals surface area contributed by atoms with Crippen molar-refractivity contribution in [1.29, 1.82) is 0 Å². The van der Waals surface area contributed by atoms with Crippen LogP contribution >= 0.6 is 0 Å². The number of benzene rings is 2. The van der Waals surface area contributed by atoms with Gasteiger partial charge in [0, 0.05) is 12.2 Å². The Hall–Kier alpha value is -2.83. The Kier molecular flexibility index (Phi) is 4.24. The van der Waals surface area contributed by atoms with E-state index < -0.39 is 28.9 Å². The zero-order valence-corrected chi connectivity index (χ0v) is 12.5. The maximum absolute atomic E-state index is 13.5. The molecular weight excluding hydrogens is 321 g/mol. The lowest BCUT2D eigenvalue weighted by atomic mass is 10.1. The van der Waals surface area contributed by atoms with Crippen molar-refractivity contribution in [2.24, 2.45) is 0 Å². The summed E-state index contributed by atoms with van der Waals surface area (Å²) in [6.07, 6.45) is 0.772. The van der Waals surface area contributed by atoms with Crippen LogP contribution in [-0.4, -0.2) is 18.4 Å². The maximum atomic E-state index is 13.5. The van der Waals surface area contributed by atoms with Crippen LogP contribution in [0.5, 0.6) is 0 Å². The SMILES string of the molecule is O=C1Cc2cc(CCNC(=O)c3ccc(F)c(F)c3F)ccc2N1. The highest BCUT2D eigenvalue weighted by atomic mass is 19.2. The Morgan fingerprint density at radius 1 is 1.12 bits per heavy atom. The number of amides is 2. The van der Waals surface area contributed by atoms with Gasteiger partial charge in [0.05, 0.1) is 12.0 Å². The zero-order chi connectivity index (χ0) is 17.3. The molecule has 2 amide bonds. The van der Waals surface area contributed by atoms with E-state index in [0.29, 0.717) is 18.9 Å². The van der Waals surface area contributed by atoms with Gasteiger partial charge in [0.2, 0.25) is 5.91 Å². The first-order chi connectivity index (χ1) is 11.5. The minimum Gasteiger partial charge on any atom is -0.352 e. The Morgan fingerprint density at radius 3 is 2.71 bits per heavy atom. The number of fused-ring (bicyclic) bond motifs is 1. The van der Waals surface area contributed by atoms with E-state index in [9.17, 15) is 22.8 Å². The van der Waals surface area contributed by atoms with E-state index in [4.69, 9.17) is 0 Å². The molecule has 0 aromatic heterocycles. The van der Waals surface area contributed by atoms with Crippen molar-refractivity contribution in [2.75, 3.05) is 11.9 Å². The van der Waals surface area contributed by atoms with Gasteiger partial charge >= 0.3 is 0 Å². The van der Waals surface area contributed by atoms with Crippen molar-refractivity contribution in [2.45, 2.75) is 12.8 Å². The summed E-state index contributed by atoms with van der Waals surface area (Å²) < 4.78 is 39.5. The minimum absolute atomic E-state index is 0.0655. The van der Waals surface area contributed by atoms with Gasteiger partial charge in [0.1, 0.15) is 0 Å². The molecule has 0 aliphatic carbocycles. The fraction of sp³-hybridized carbons (Fsp3) is 0.176. The van der Waals surface area contributed by atoms with E-state index >= 15 is 0 Å². The van der Waals surface area contributed by atoms with Crippen molar-refractivity contribution >= 4 is 17.5 Å². The molecule has 1 aliphatic rings. The largest absolute Gasteiger partial charge is 0.352 e.